The molecule has 0 saturated carbocycles. The Labute approximate surface area is 338 Å². The fourth-order valence-corrected chi connectivity index (χ4v) is 8.81. The number of hydrogen-bond acceptors (Lipinski definition) is 1. The molecule has 11 rings (SSSR count). The number of nitrogens with zero attached hydrogens (tertiary/aromatic N) is 2. The van der Waals surface area contributed by atoms with Crippen molar-refractivity contribution in [3.63, 3.8) is 0 Å². The first-order valence-electron chi connectivity index (χ1n) is 19.9. The first-order valence-corrected chi connectivity index (χ1v) is 19.9. The van der Waals surface area contributed by atoms with Crippen LogP contribution in [0.15, 0.2) is 231 Å². The number of benzene rings is 10. The molecule has 0 atom stereocenters. The van der Waals surface area contributed by atoms with Crippen molar-refractivity contribution in [2.24, 2.45) is 0 Å². The molecule has 272 valence electrons. The van der Waals surface area contributed by atoms with Crippen LogP contribution >= 0.6 is 0 Å². The molecule has 0 aliphatic rings. The number of anilines is 3. The summed E-state index contributed by atoms with van der Waals surface area (Å²) in [6.45, 7) is 0. The van der Waals surface area contributed by atoms with Gasteiger partial charge in [0.1, 0.15) is 0 Å². The standard InChI is InChI=1S/C56H38N2/c1-2-14-39(15-3-1)41-28-33-46(34-29-41)57(47-35-30-42(31-36-47)45-27-26-40-16-4-5-18-44(40)38-45)53-23-11-8-20-49(53)50-21-9-12-24-54(50)58-55-25-13-10-22-51(55)52-37-32-43-17-6-7-19-48(43)56(52)58/h1-38H. The van der Waals surface area contributed by atoms with Crippen molar-refractivity contribution in [3.05, 3.63) is 231 Å². The molecule has 0 fully saturated rings. The van der Waals surface area contributed by atoms with Crippen LogP contribution in [0.2, 0.25) is 0 Å². The van der Waals surface area contributed by atoms with Gasteiger partial charge in [-0.3, -0.25) is 0 Å². The maximum absolute atomic E-state index is 2.48. The number of aromatic nitrogens is 1. The third kappa shape index (κ3) is 5.74. The van der Waals surface area contributed by atoms with Crippen molar-refractivity contribution in [3.8, 4) is 39.1 Å². The quantitative estimate of drug-likeness (QED) is 0.158. The topological polar surface area (TPSA) is 8.17 Å². The number of hydrogen-bond donors (Lipinski definition) is 0. The number of rotatable bonds is 7. The summed E-state index contributed by atoms with van der Waals surface area (Å²) in [5.41, 5.74) is 13.9. The van der Waals surface area contributed by atoms with Gasteiger partial charge in [0.2, 0.25) is 0 Å². The Hall–Kier alpha value is -7.68. The number of fused-ring (bicyclic) bond motifs is 6. The molecular formula is C56H38N2. The second-order valence-corrected chi connectivity index (χ2v) is 14.9. The molecule has 2 heteroatoms. The van der Waals surface area contributed by atoms with E-state index in [-0.39, 0.29) is 0 Å². The third-order valence-electron chi connectivity index (χ3n) is 11.6. The van der Waals surface area contributed by atoms with Crippen LogP contribution < -0.4 is 4.90 Å². The molecular weight excluding hydrogens is 701 g/mol. The largest absolute Gasteiger partial charge is 0.310 e. The van der Waals surface area contributed by atoms with Crippen LogP contribution in [0.3, 0.4) is 0 Å². The van der Waals surface area contributed by atoms with Crippen LogP contribution in [-0.4, -0.2) is 4.57 Å². The van der Waals surface area contributed by atoms with Crippen molar-refractivity contribution in [1.29, 1.82) is 0 Å². The van der Waals surface area contributed by atoms with E-state index in [1.54, 1.807) is 0 Å². The van der Waals surface area contributed by atoms with Gasteiger partial charge in [-0.2, -0.15) is 0 Å². The van der Waals surface area contributed by atoms with Crippen molar-refractivity contribution in [2.45, 2.75) is 0 Å². The van der Waals surface area contributed by atoms with Crippen LogP contribution in [0.4, 0.5) is 17.1 Å². The molecule has 0 aliphatic carbocycles. The van der Waals surface area contributed by atoms with E-state index >= 15 is 0 Å². The molecule has 0 bridgehead atoms. The van der Waals surface area contributed by atoms with Crippen LogP contribution in [0, 0.1) is 0 Å². The lowest BCUT2D eigenvalue weighted by atomic mass is 9.98. The minimum atomic E-state index is 1.09. The smallest absolute Gasteiger partial charge is 0.0619 e. The second kappa shape index (κ2) is 14.1. The maximum Gasteiger partial charge on any atom is 0.0619 e. The van der Waals surface area contributed by atoms with Crippen LogP contribution in [0.5, 0.6) is 0 Å². The average Bonchev–Trinajstić information content (AvgIpc) is 3.65. The fraction of sp³-hybridized carbons (Fsp3) is 0. The lowest BCUT2D eigenvalue weighted by molar-refractivity contribution is 1.18. The van der Waals surface area contributed by atoms with E-state index in [4.69, 9.17) is 0 Å². The predicted octanol–water partition coefficient (Wildman–Crippen LogP) is 15.6. The molecule has 0 spiro atoms. The van der Waals surface area contributed by atoms with Gasteiger partial charge < -0.3 is 9.47 Å². The zero-order valence-corrected chi connectivity index (χ0v) is 31.8. The van der Waals surface area contributed by atoms with Gasteiger partial charge >= 0.3 is 0 Å². The molecule has 11 aromatic rings. The summed E-state index contributed by atoms with van der Waals surface area (Å²) < 4.78 is 2.48. The van der Waals surface area contributed by atoms with Gasteiger partial charge in [-0.05, 0) is 86.9 Å². The van der Waals surface area contributed by atoms with Crippen LogP contribution in [0.25, 0.3) is 82.4 Å². The molecule has 0 aliphatic heterocycles. The highest BCUT2D eigenvalue weighted by Crippen LogP contribution is 2.45. The Morgan fingerprint density at radius 1 is 0.310 bits per heavy atom. The molecule has 2 nitrogen and oxygen atoms in total. The highest BCUT2D eigenvalue weighted by molar-refractivity contribution is 6.19. The van der Waals surface area contributed by atoms with Gasteiger partial charge in [-0.1, -0.05) is 182 Å². The first-order chi connectivity index (χ1) is 28.8. The Bertz CT molecular complexity index is 3270. The fourth-order valence-electron chi connectivity index (χ4n) is 8.81. The summed E-state index contributed by atoms with van der Waals surface area (Å²) in [6.07, 6.45) is 0. The minimum absolute atomic E-state index is 1.09. The van der Waals surface area contributed by atoms with E-state index in [1.165, 1.54) is 65.6 Å². The second-order valence-electron chi connectivity index (χ2n) is 14.9. The average molecular weight is 739 g/mol. The van der Waals surface area contributed by atoms with Crippen LogP contribution in [0.1, 0.15) is 0 Å². The third-order valence-corrected chi connectivity index (χ3v) is 11.6. The zero-order chi connectivity index (χ0) is 38.4. The van der Waals surface area contributed by atoms with E-state index in [9.17, 15) is 0 Å². The van der Waals surface area contributed by atoms with E-state index < -0.39 is 0 Å². The minimum Gasteiger partial charge on any atom is -0.310 e. The van der Waals surface area contributed by atoms with Crippen molar-refractivity contribution >= 4 is 60.4 Å². The molecule has 58 heavy (non-hydrogen) atoms. The summed E-state index contributed by atoms with van der Waals surface area (Å²) >= 11 is 0. The summed E-state index contributed by atoms with van der Waals surface area (Å²) in [4.78, 5) is 2.41. The summed E-state index contributed by atoms with van der Waals surface area (Å²) in [5, 5.41) is 7.47. The zero-order valence-electron chi connectivity index (χ0n) is 31.8. The van der Waals surface area contributed by atoms with Crippen molar-refractivity contribution in [1.82, 2.24) is 4.57 Å². The number of para-hydroxylation sites is 3. The Balaban J connectivity index is 1.10. The van der Waals surface area contributed by atoms with E-state index in [1.807, 2.05) is 0 Å². The van der Waals surface area contributed by atoms with Crippen molar-refractivity contribution in [2.75, 3.05) is 4.90 Å². The Kier molecular flexibility index (Phi) is 8.19. The molecule has 0 unspecified atom stereocenters. The monoisotopic (exact) mass is 738 g/mol. The van der Waals surface area contributed by atoms with Gasteiger partial charge in [0.05, 0.1) is 22.4 Å². The van der Waals surface area contributed by atoms with E-state index in [0.717, 1.165) is 33.9 Å². The highest BCUT2D eigenvalue weighted by atomic mass is 15.1. The van der Waals surface area contributed by atoms with Crippen LogP contribution in [-0.2, 0) is 0 Å². The van der Waals surface area contributed by atoms with Gasteiger partial charge in [0.15, 0.2) is 0 Å². The lowest BCUT2D eigenvalue weighted by Crippen LogP contribution is -2.11. The highest BCUT2D eigenvalue weighted by Gasteiger charge is 2.22. The summed E-state index contributed by atoms with van der Waals surface area (Å²) in [6, 6.07) is 83.7. The molecule has 0 N–H and O–H groups in total. The van der Waals surface area contributed by atoms with Gasteiger partial charge in [0.25, 0.3) is 0 Å². The molecule has 1 aromatic heterocycles. The molecule has 0 saturated heterocycles. The predicted molar refractivity (Wildman–Crippen MR) is 247 cm³/mol. The molecule has 1 heterocycles. The van der Waals surface area contributed by atoms with E-state index in [0.29, 0.717) is 0 Å². The Morgan fingerprint density at radius 3 is 1.62 bits per heavy atom. The SMILES string of the molecule is c1ccc(-c2ccc(N(c3ccc(-c4ccc5ccccc5c4)cc3)c3ccccc3-c3ccccc3-n3c4ccccc4c4ccc5ccccc5c43)cc2)cc1. The van der Waals surface area contributed by atoms with Crippen molar-refractivity contribution < 1.29 is 0 Å². The maximum atomic E-state index is 2.48. The van der Waals surface area contributed by atoms with Gasteiger partial charge in [-0.25, -0.2) is 0 Å². The lowest BCUT2D eigenvalue weighted by Gasteiger charge is -2.29. The molecule has 0 amide bonds. The van der Waals surface area contributed by atoms with Gasteiger partial charge in [-0.15, -0.1) is 0 Å². The Morgan fingerprint density at radius 2 is 0.845 bits per heavy atom. The van der Waals surface area contributed by atoms with Gasteiger partial charge in [0, 0.05) is 38.7 Å². The first kappa shape index (κ1) is 33.6. The summed E-state index contributed by atoms with van der Waals surface area (Å²) in [7, 11) is 0. The normalized spacial score (nSPS) is 11.4. The summed E-state index contributed by atoms with van der Waals surface area (Å²) in [5.74, 6) is 0. The van der Waals surface area contributed by atoms with E-state index in [2.05, 4.69) is 240 Å². The molecule has 0 radical (unpaired) electrons. The molecule has 10 aromatic carbocycles.